The van der Waals surface area contributed by atoms with Gasteiger partial charge in [-0.15, -0.1) is 0 Å². The van der Waals surface area contributed by atoms with Gasteiger partial charge < -0.3 is 10.7 Å². The molecule has 3 aromatic rings. The Kier molecular flexibility index (Phi) is 2.97. The summed E-state index contributed by atoms with van der Waals surface area (Å²) in [5.41, 5.74) is 7.90. The van der Waals surface area contributed by atoms with Crippen molar-refractivity contribution >= 4 is 16.8 Å². The summed E-state index contributed by atoms with van der Waals surface area (Å²) in [7, 11) is 0. The maximum atomic E-state index is 14.1. The number of aryl methyl sites for hydroxylation is 1. The fourth-order valence-electron chi connectivity index (χ4n) is 2.53. The highest BCUT2D eigenvalue weighted by Gasteiger charge is 2.18. The van der Waals surface area contributed by atoms with Gasteiger partial charge in [-0.05, 0) is 54.4 Å². The second-order valence-electron chi connectivity index (χ2n) is 4.84. The SMILES string of the molecule is Cc1c(-c2ccc(F)cc2)[nH]c2c(C(N)=O)ccc(F)c12. The van der Waals surface area contributed by atoms with Crippen LogP contribution in [0.3, 0.4) is 0 Å². The van der Waals surface area contributed by atoms with Crippen LogP contribution in [0, 0.1) is 18.6 Å². The predicted molar refractivity (Wildman–Crippen MR) is 76.9 cm³/mol. The number of benzene rings is 2. The van der Waals surface area contributed by atoms with Crippen LogP contribution < -0.4 is 5.73 Å². The predicted octanol–water partition coefficient (Wildman–Crippen LogP) is 3.52. The molecule has 3 nitrogen and oxygen atoms in total. The molecular weight excluding hydrogens is 274 g/mol. The van der Waals surface area contributed by atoms with Gasteiger partial charge in [0.2, 0.25) is 0 Å². The molecule has 0 atom stereocenters. The molecule has 0 unspecified atom stereocenters. The molecule has 21 heavy (non-hydrogen) atoms. The molecular formula is C16H12F2N2O. The van der Waals surface area contributed by atoms with Gasteiger partial charge in [0, 0.05) is 11.1 Å². The van der Waals surface area contributed by atoms with E-state index >= 15 is 0 Å². The van der Waals surface area contributed by atoms with E-state index in [1.807, 2.05) is 0 Å². The van der Waals surface area contributed by atoms with Crippen molar-refractivity contribution < 1.29 is 13.6 Å². The number of hydrogen-bond acceptors (Lipinski definition) is 1. The average Bonchev–Trinajstić information content (AvgIpc) is 2.78. The monoisotopic (exact) mass is 286 g/mol. The zero-order valence-corrected chi connectivity index (χ0v) is 11.2. The minimum absolute atomic E-state index is 0.225. The molecule has 106 valence electrons. The van der Waals surface area contributed by atoms with Crippen molar-refractivity contribution in [1.29, 1.82) is 0 Å². The number of halogens is 2. The first-order valence-electron chi connectivity index (χ1n) is 6.35. The number of primary amides is 1. The number of amides is 1. The normalized spacial score (nSPS) is 11.0. The Morgan fingerprint density at radius 3 is 2.38 bits per heavy atom. The van der Waals surface area contributed by atoms with E-state index in [1.54, 1.807) is 19.1 Å². The minimum Gasteiger partial charge on any atom is -0.366 e. The van der Waals surface area contributed by atoms with Crippen LogP contribution in [0.2, 0.25) is 0 Å². The first-order chi connectivity index (χ1) is 9.99. The van der Waals surface area contributed by atoms with Crippen LogP contribution >= 0.6 is 0 Å². The highest BCUT2D eigenvalue weighted by Crippen LogP contribution is 2.33. The Hall–Kier alpha value is -2.69. The van der Waals surface area contributed by atoms with Crippen molar-refractivity contribution in [2.75, 3.05) is 0 Å². The molecule has 2 aromatic carbocycles. The molecule has 0 saturated carbocycles. The van der Waals surface area contributed by atoms with Crippen LogP contribution in [0.15, 0.2) is 36.4 Å². The molecule has 1 heterocycles. The van der Waals surface area contributed by atoms with Crippen molar-refractivity contribution in [3.8, 4) is 11.3 Å². The van der Waals surface area contributed by atoms with E-state index in [9.17, 15) is 13.6 Å². The zero-order chi connectivity index (χ0) is 15.1. The summed E-state index contributed by atoms with van der Waals surface area (Å²) < 4.78 is 27.1. The Morgan fingerprint density at radius 1 is 1.10 bits per heavy atom. The van der Waals surface area contributed by atoms with Crippen LogP contribution in [-0.4, -0.2) is 10.9 Å². The summed E-state index contributed by atoms with van der Waals surface area (Å²) >= 11 is 0. The lowest BCUT2D eigenvalue weighted by Gasteiger charge is -2.00. The van der Waals surface area contributed by atoms with Crippen LogP contribution in [0.1, 0.15) is 15.9 Å². The van der Waals surface area contributed by atoms with Gasteiger partial charge >= 0.3 is 0 Å². The summed E-state index contributed by atoms with van der Waals surface area (Å²) in [6.07, 6.45) is 0. The number of carbonyl (C=O) groups excluding carboxylic acids is 1. The van der Waals surface area contributed by atoms with Gasteiger partial charge in [-0.1, -0.05) is 0 Å². The quantitative estimate of drug-likeness (QED) is 0.744. The number of aromatic amines is 1. The molecule has 3 N–H and O–H groups in total. The molecule has 1 aromatic heterocycles. The van der Waals surface area contributed by atoms with Crippen molar-refractivity contribution in [1.82, 2.24) is 4.98 Å². The Balaban J connectivity index is 2.33. The number of hydrogen-bond donors (Lipinski definition) is 2. The number of nitrogens with two attached hydrogens (primary N) is 1. The van der Waals surface area contributed by atoms with Gasteiger partial charge in [0.1, 0.15) is 11.6 Å². The number of carbonyl (C=O) groups is 1. The topological polar surface area (TPSA) is 58.9 Å². The number of fused-ring (bicyclic) bond motifs is 1. The van der Waals surface area contributed by atoms with Crippen molar-refractivity contribution in [3.05, 3.63) is 59.2 Å². The van der Waals surface area contributed by atoms with E-state index in [2.05, 4.69) is 4.98 Å². The van der Waals surface area contributed by atoms with Gasteiger partial charge in [0.25, 0.3) is 5.91 Å². The van der Waals surface area contributed by atoms with Gasteiger partial charge in [0.05, 0.1) is 11.1 Å². The third-order valence-electron chi connectivity index (χ3n) is 3.55. The second kappa shape index (κ2) is 4.70. The Labute approximate surface area is 119 Å². The van der Waals surface area contributed by atoms with E-state index in [0.717, 1.165) is 0 Å². The molecule has 0 saturated heterocycles. The maximum Gasteiger partial charge on any atom is 0.250 e. The Morgan fingerprint density at radius 2 is 1.76 bits per heavy atom. The first-order valence-corrected chi connectivity index (χ1v) is 6.35. The number of rotatable bonds is 2. The van der Waals surface area contributed by atoms with E-state index in [4.69, 9.17) is 5.73 Å². The highest BCUT2D eigenvalue weighted by atomic mass is 19.1. The van der Waals surface area contributed by atoms with Crippen molar-refractivity contribution in [2.24, 2.45) is 5.73 Å². The lowest BCUT2D eigenvalue weighted by molar-refractivity contribution is 0.100. The molecule has 0 aliphatic rings. The molecule has 0 aliphatic carbocycles. The van der Waals surface area contributed by atoms with E-state index in [1.165, 1.54) is 24.3 Å². The lowest BCUT2D eigenvalue weighted by Crippen LogP contribution is -2.11. The molecule has 0 radical (unpaired) electrons. The number of aromatic nitrogens is 1. The van der Waals surface area contributed by atoms with Crippen LogP contribution in [-0.2, 0) is 0 Å². The summed E-state index contributed by atoms with van der Waals surface area (Å²) in [5, 5.41) is 0.325. The average molecular weight is 286 g/mol. The smallest absolute Gasteiger partial charge is 0.250 e. The maximum absolute atomic E-state index is 14.1. The minimum atomic E-state index is -0.632. The molecule has 0 aliphatic heterocycles. The summed E-state index contributed by atoms with van der Waals surface area (Å²) in [6.45, 7) is 1.74. The third kappa shape index (κ3) is 2.07. The molecule has 3 rings (SSSR count). The molecule has 0 fully saturated rings. The third-order valence-corrected chi connectivity index (χ3v) is 3.55. The summed E-state index contributed by atoms with van der Waals surface area (Å²) in [6, 6.07) is 8.41. The largest absolute Gasteiger partial charge is 0.366 e. The van der Waals surface area contributed by atoms with Crippen LogP contribution in [0.5, 0.6) is 0 Å². The number of nitrogens with one attached hydrogen (secondary N) is 1. The van der Waals surface area contributed by atoms with E-state index in [-0.39, 0.29) is 11.4 Å². The molecule has 1 amide bonds. The van der Waals surface area contributed by atoms with Crippen LogP contribution in [0.4, 0.5) is 8.78 Å². The fraction of sp³-hybridized carbons (Fsp3) is 0.0625. The van der Waals surface area contributed by atoms with Gasteiger partial charge in [0.15, 0.2) is 0 Å². The van der Waals surface area contributed by atoms with E-state index in [0.29, 0.717) is 27.7 Å². The highest BCUT2D eigenvalue weighted by molar-refractivity contribution is 6.07. The standard InChI is InChI=1S/C16H12F2N2O/c1-8-13-12(18)7-6-11(16(19)21)15(13)20-14(8)9-2-4-10(17)5-3-9/h2-7,20H,1H3,(H2,19,21). The van der Waals surface area contributed by atoms with E-state index < -0.39 is 11.7 Å². The molecule has 5 heteroatoms. The molecule has 0 spiro atoms. The van der Waals surface area contributed by atoms with Crippen molar-refractivity contribution in [3.63, 3.8) is 0 Å². The molecule has 0 bridgehead atoms. The summed E-state index contributed by atoms with van der Waals surface area (Å²) in [4.78, 5) is 14.5. The lowest BCUT2D eigenvalue weighted by atomic mass is 10.0. The van der Waals surface area contributed by atoms with Crippen molar-refractivity contribution in [2.45, 2.75) is 6.92 Å². The number of H-pyrrole nitrogens is 1. The second-order valence-corrected chi connectivity index (χ2v) is 4.84. The van der Waals surface area contributed by atoms with Gasteiger partial charge in [-0.3, -0.25) is 4.79 Å². The van der Waals surface area contributed by atoms with Gasteiger partial charge in [-0.2, -0.15) is 0 Å². The van der Waals surface area contributed by atoms with Crippen LogP contribution in [0.25, 0.3) is 22.2 Å². The summed E-state index contributed by atoms with van der Waals surface area (Å²) in [5.74, 6) is -1.42. The first kappa shape index (κ1) is 13.3. The van der Waals surface area contributed by atoms with Gasteiger partial charge in [-0.25, -0.2) is 8.78 Å². The fourth-order valence-corrected chi connectivity index (χ4v) is 2.53. The zero-order valence-electron chi connectivity index (χ0n) is 11.2. The Bertz CT molecular complexity index is 851.